The number of benzene rings is 1. The van der Waals surface area contributed by atoms with Crippen LogP contribution in [0.4, 0.5) is 10.9 Å². The zero-order valence-corrected chi connectivity index (χ0v) is 19.5. The summed E-state index contributed by atoms with van der Waals surface area (Å²) in [7, 11) is 0. The van der Waals surface area contributed by atoms with Crippen LogP contribution in [0.5, 0.6) is 11.5 Å². The molecule has 6 heteroatoms. The lowest BCUT2D eigenvalue weighted by Gasteiger charge is -2.11. The van der Waals surface area contributed by atoms with E-state index in [1.54, 1.807) is 23.6 Å². The third-order valence-corrected chi connectivity index (χ3v) is 5.57. The van der Waals surface area contributed by atoms with Gasteiger partial charge in [-0.2, -0.15) is 0 Å². The van der Waals surface area contributed by atoms with Crippen molar-refractivity contribution in [3.8, 4) is 11.5 Å². The summed E-state index contributed by atoms with van der Waals surface area (Å²) in [5.41, 5.74) is 3.50. The molecule has 0 spiro atoms. The lowest BCUT2D eigenvalue weighted by atomic mass is 10.1. The number of rotatable bonds is 9. The average Bonchev–Trinajstić information content (AvgIpc) is 3.19. The van der Waals surface area contributed by atoms with Crippen LogP contribution in [0.2, 0.25) is 0 Å². The lowest BCUT2D eigenvalue weighted by Crippen LogP contribution is -1.98. The zero-order chi connectivity index (χ0) is 21.3. The van der Waals surface area contributed by atoms with Crippen molar-refractivity contribution >= 4 is 38.2 Å². The zero-order valence-electron chi connectivity index (χ0n) is 17.1. The van der Waals surface area contributed by atoms with Crippen molar-refractivity contribution in [1.82, 2.24) is 9.97 Å². The van der Waals surface area contributed by atoms with Crippen molar-refractivity contribution in [3.63, 3.8) is 0 Å². The molecule has 0 aliphatic carbocycles. The highest BCUT2D eigenvalue weighted by Crippen LogP contribution is 2.33. The maximum absolute atomic E-state index is 6.05. The Kier molecular flexibility index (Phi) is 7.99. The van der Waals surface area contributed by atoms with E-state index in [9.17, 15) is 0 Å². The van der Waals surface area contributed by atoms with Gasteiger partial charge in [0.2, 0.25) is 0 Å². The van der Waals surface area contributed by atoms with Gasteiger partial charge in [-0.25, -0.2) is 9.97 Å². The molecule has 154 valence electrons. The number of aromatic nitrogens is 2. The summed E-state index contributed by atoms with van der Waals surface area (Å²) in [4.78, 5) is 9.18. The minimum Gasteiger partial charge on any atom is -0.453 e. The summed E-state index contributed by atoms with van der Waals surface area (Å²) in [5, 5.41) is 6.16. The van der Waals surface area contributed by atoms with E-state index in [-0.39, 0.29) is 0 Å². The molecule has 1 N–H and O–H groups in total. The highest BCUT2D eigenvalue weighted by atomic mass is 79.9. The Morgan fingerprint density at radius 3 is 2.83 bits per heavy atom. The maximum atomic E-state index is 6.05. The molecule has 2 aromatic heterocycles. The fraction of sp³-hybridized carbons (Fsp3) is 0.167. The minimum atomic E-state index is 0.628. The lowest BCUT2D eigenvalue weighted by molar-refractivity contribution is 0.482. The van der Waals surface area contributed by atoms with Gasteiger partial charge < -0.3 is 10.1 Å². The van der Waals surface area contributed by atoms with Crippen molar-refractivity contribution in [2.75, 3.05) is 5.32 Å². The Hall–Kier alpha value is -2.70. The molecule has 0 aliphatic heterocycles. The van der Waals surface area contributed by atoms with E-state index >= 15 is 0 Å². The molecule has 0 amide bonds. The van der Waals surface area contributed by atoms with Gasteiger partial charge in [0.15, 0.2) is 16.7 Å². The fourth-order valence-corrected chi connectivity index (χ4v) is 3.75. The maximum Gasteiger partial charge on any atom is 0.188 e. The van der Waals surface area contributed by atoms with Crippen molar-refractivity contribution in [1.29, 1.82) is 0 Å². The van der Waals surface area contributed by atoms with Crippen LogP contribution in [0.25, 0.3) is 0 Å². The van der Waals surface area contributed by atoms with Crippen molar-refractivity contribution in [3.05, 3.63) is 94.1 Å². The number of thiazole rings is 1. The first-order chi connectivity index (χ1) is 14.6. The van der Waals surface area contributed by atoms with E-state index in [0.717, 1.165) is 33.9 Å². The summed E-state index contributed by atoms with van der Waals surface area (Å²) < 4.78 is 6.90. The third kappa shape index (κ3) is 6.40. The van der Waals surface area contributed by atoms with Gasteiger partial charge in [0.25, 0.3) is 0 Å². The van der Waals surface area contributed by atoms with Crippen molar-refractivity contribution in [2.24, 2.45) is 0 Å². The number of anilines is 2. The van der Waals surface area contributed by atoms with E-state index in [2.05, 4.69) is 50.3 Å². The van der Waals surface area contributed by atoms with Gasteiger partial charge in [0, 0.05) is 22.1 Å². The SMILES string of the molecule is C=C/C=C\C(=C/C)CCc1csc(Nc2ncc(Br)cc2Oc2ccc(C)cc2)n1. The summed E-state index contributed by atoms with van der Waals surface area (Å²) in [5.74, 6) is 2.02. The van der Waals surface area contributed by atoms with Gasteiger partial charge in [0.1, 0.15) is 5.75 Å². The number of nitrogens with one attached hydrogen (secondary N) is 1. The number of pyridine rings is 1. The largest absolute Gasteiger partial charge is 0.453 e. The molecule has 1 aromatic carbocycles. The standard InChI is InChI=1S/C24H24BrN3OS/c1-4-6-7-18(5-2)10-11-20-16-30-24(27-20)28-23-22(14-19(25)15-26-23)29-21-12-8-17(3)9-13-21/h4-9,12-16H,1,10-11H2,2-3H3,(H,26,27,28)/b7-6-,18-5+. The molecule has 0 radical (unpaired) electrons. The molecule has 0 fully saturated rings. The molecule has 2 heterocycles. The van der Waals surface area contributed by atoms with Crippen LogP contribution in [0, 0.1) is 6.92 Å². The molecule has 4 nitrogen and oxygen atoms in total. The highest BCUT2D eigenvalue weighted by Gasteiger charge is 2.11. The third-order valence-electron chi connectivity index (χ3n) is 4.33. The van der Waals surface area contributed by atoms with Crippen molar-refractivity contribution in [2.45, 2.75) is 26.7 Å². The summed E-state index contributed by atoms with van der Waals surface area (Å²) >= 11 is 5.03. The van der Waals surface area contributed by atoms with Crippen LogP contribution in [-0.4, -0.2) is 9.97 Å². The first kappa shape index (κ1) is 22.0. The van der Waals surface area contributed by atoms with Crippen LogP contribution in [0.15, 0.2) is 82.8 Å². The first-order valence-corrected chi connectivity index (χ1v) is 11.3. The molecule has 3 rings (SSSR count). The first-order valence-electron chi connectivity index (χ1n) is 9.63. The molecule has 0 atom stereocenters. The van der Waals surface area contributed by atoms with Gasteiger partial charge >= 0.3 is 0 Å². The van der Waals surface area contributed by atoms with E-state index in [0.29, 0.717) is 11.6 Å². The predicted octanol–water partition coefficient (Wildman–Crippen LogP) is 7.77. The minimum absolute atomic E-state index is 0.628. The second-order valence-corrected chi connectivity index (χ2v) is 8.42. The number of hydrogen-bond acceptors (Lipinski definition) is 5. The number of allylic oxidation sites excluding steroid dienone is 5. The van der Waals surface area contributed by atoms with E-state index < -0.39 is 0 Å². The van der Waals surface area contributed by atoms with Gasteiger partial charge in [-0.05, 0) is 54.8 Å². The van der Waals surface area contributed by atoms with Crippen LogP contribution < -0.4 is 10.1 Å². The molecular formula is C24H24BrN3OS. The molecule has 30 heavy (non-hydrogen) atoms. The molecule has 0 bridgehead atoms. The second kappa shape index (κ2) is 10.9. The summed E-state index contributed by atoms with van der Waals surface area (Å²) in [6.07, 6.45) is 11.5. The monoisotopic (exact) mass is 481 g/mol. The van der Waals surface area contributed by atoms with Crippen LogP contribution >= 0.6 is 27.3 Å². The highest BCUT2D eigenvalue weighted by molar-refractivity contribution is 9.10. The smallest absolute Gasteiger partial charge is 0.188 e. The van der Waals surface area contributed by atoms with E-state index in [1.165, 1.54) is 11.1 Å². The normalized spacial score (nSPS) is 11.6. The number of hydrogen-bond donors (Lipinski definition) is 1. The Morgan fingerprint density at radius 2 is 2.10 bits per heavy atom. The van der Waals surface area contributed by atoms with Crippen LogP contribution in [0.3, 0.4) is 0 Å². The number of ether oxygens (including phenoxy) is 1. The predicted molar refractivity (Wildman–Crippen MR) is 130 cm³/mol. The van der Waals surface area contributed by atoms with Crippen molar-refractivity contribution < 1.29 is 4.74 Å². The Balaban J connectivity index is 1.70. The number of halogens is 1. The van der Waals surface area contributed by atoms with E-state index in [4.69, 9.17) is 9.72 Å². The van der Waals surface area contributed by atoms with Gasteiger partial charge in [-0.1, -0.05) is 54.2 Å². The number of aryl methyl sites for hydroxylation is 2. The Bertz CT molecular complexity index is 1050. The summed E-state index contributed by atoms with van der Waals surface area (Å²) in [6.45, 7) is 7.81. The van der Waals surface area contributed by atoms with Crippen LogP contribution in [-0.2, 0) is 6.42 Å². The van der Waals surface area contributed by atoms with E-state index in [1.807, 2.05) is 50.3 Å². The van der Waals surface area contributed by atoms with Gasteiger partial charge in [0.05, 0.1) is 5.69 Å². The molecule has 0 unspecified atom stereocenters. The Morgan fingerprint density at radius 1 is 1.30 bits per heavy atom. The second-order valence-electron chi connectivity index (χ2n) is 6.64. The van der Waals surface area contributed by atoms with Gasteiger partial charge in [-0.15, -0.1) is 11.3 Å². The average molecular weight is 482 g/mol. The molecule has 0 saturated heterocycles. The fourth-order valence-electron chi connectivity index (χ4n) is 2.69. The molecule has 3 aromatic rings. The molecule has 0 saturated carbocycles. The number of nitrogens with zero attached hydrogens (tertiary/aromatic N) is 2. The summed E-state index contributed by atoms with van der Waals surface area (Å²) in [6, 6.07) is 9.82. The van der Waals surface area contributed by atoms with Gasteiger partial charge in [-0.3, -0.25) is 0 Å². The Labute approximate surface area is 190 Å². The topological polar surface area (TPSA) is 47.0 Å². The van der Waals surface area contributed by atoms with Crippen LogP contribution in [0.1, 0.15) is 24.6 Å². The molecule has 0 aliphatic rings. The molecular weight excluding hydrogens is 458 g/mol. The quantitative estimate of drug-likeness (QED) is 0.317.